The second-order valence-corrected chi connectivity index (χ2v) is 8.85. The molecule has 4 bridgehead atoms. The van der Waals surface area contributed by atoms with E-state index in [1.807, 2.05) is 11.9 Å². The second kappa shape index (κ2) is 5.38. The van der Waals surface area contributed by atoms with Crippen molar-refractivity contribution in [1.29, 1.82) is 0 Å². The lowest BCUT2D eigenvalue weighted by Crippen LogP contribution is -2.51. The number of hydrogen-bond acceptors (Lipinski definition) is 1. The smallest absolute Gasteiger partial charge is 0.225 e. The van der Waals surface area contributed by atoms with E-state index >= 15 is 0 Å². The Kier molecular flexibility index (Phi) is 3.94. The lowest BCUT2D eigenvalue weighted by molar-refractivity contribution is -0.147. The van der Waals surface area contributed by atoms with Crippen LogP contribution in [0.4, 0.5) is 0 Å². The van der Waals surface area contributed by atoms with Crippen LogP contribution in [0.25, 0.3) is 0 Å². The zero-order valence-corrected chi connectivity index (χ0v) is 13.7. The molecule has 0 aliphatic heterocycles. The highest BCUT2D eigenvalue weighted by atomic mass is 79.9. The summed E-state index contributed by atoms with van der Waals surface area (Å²) in [6.07, 6.45) is 7.87. The minimum Gasteiger partial charge on any atom is -0.345 e. The third kappa shape index (κ3) is 2.72. The first-order valence-corrected chi connectivity index (χ1v) is 8.85. The molecule has 108 valence electrons. The summed E-state index contributed by atoms with van der Waals surface area (Å²) in [6, 6.07) is 0. The molecule has 4 aliphatic rings. The molecule has 0 spiro atoms. The lowest BCUT2D eigenvalue weighted by Gasteiger charge is -2.54. The summed E-state index contributed by atoms with van der Waals surface area (Å²) in [7, 11) is 2.00. The molecule has 4 aliphatic carbocycles. The van der Waals surface area contributed by atoms with Crippen LogP contribution < -0.4 is 0 Å². The van der Waals surface area contributed by atoms with E-state index in [4.69, 9.17) is 0 Å². The van der Waals surface area contributed by atoms with Crippen LogP contribution in [0.3, 0.4) is 0 Å². The summed E-state index contributed by atoms with van der Waals surface area (Å²) in [5.41, 5.74) is 0. The molecule has 1 amide bonds. The number of hydrogen-bond donors (Lipinski definition) is 0. The molecule has 0 aromatic carbocycles. The third-order valence-electron chi connectivity index (χ3n) is 5.75. The van der Waals surface area contributed by atoms with Gasteiger partial charge in [-0.15, -0.1) is 0 Å². The third-order valence-corrected chi connectivity index (χ3v) is 6.21. The Bertz CT molecular complexity index is 327. The maximum Gasteiger partial charge on any atom is 0.225 e. The summed E-state index contributed by atoms with van der Waals surface area (Å²) in [6.45, 7) is 3.05. The summed E-state index contributed by atoms with van der Waals surface area (Å²) in [5, 5.41) is 0. The van der Waals surface area contributed by atoms with Gasteiger partial charge in [0, 0.05) is 24.3 Å². The predicted octanol–water partition coefficient (Wildman–Crippen LogP) is 3.69. The van der Waals surface area contributed by atoms with Crippen molar-refractivity contribution in [2.24, 2.45) is 29.6 Å². The summed E-state index contributed by atoms with van der Waals surface area (Å²) in [5.74, 6) is 4.16. The number of amides is 1. The zero-order valence-electron chi connectivity index (χ0n) is 12.1. The zero-order chi connectivity index (χ0) is 13.6. The first-order valence-electron chi connectivity index (χ1n) is 7.93. The van der Waals surface area contributed by atoms with E-state index in [0.29, 0.717) is 28.5 Å². The van der Waals surface area contributed by atoms with Crippen molar-refractivity contribution >= 4 is 21.8 Å². The molecular formula is C16H26BrNO. The van der Waals surface area contributed by atoms with Gasteiger partial charge in [-0.25, -0.2) is 0 Å². The minimum atomic E-state index is 0.364. The average Bonchev–Trinajstić information content (AvgIpc) is 2.34. The second-order valence-electron chi connectivity index (χ2n) is 7.29. The predicted molar refractivity (Wildman–Crippen MR) is 81.2 cm³/mol. The maximum absolute atomic E-state index is 12.8. The fourth-order valence-corrected chi connectivity index (χ4v) is 5.27. The van der Waals surface area contributed by atoms with Gasteiger partial charge in [-0.1, -0.05) is 22.9 Å². The molecule has 1 atom stereocenters. The van der Waals surface area contributed by atoms with E-state index in [1.165, 1.54) is 32.1 Å². The SMILES string of the molecule is CC(Br)CCN(C)C(=O)C1C2CC3CC(C2)CC1C3. The van der Waals surface area contributed by atoms with E-state index < -0.39 is 0 Å². The Morgan fingerprint density at radius 2 is 1.68 bits per heavy atom. The standard InChI is InChI=1S/C16H26BrNO/c1-10(17)3-4-18(2)16(19)15-13-6-11-5-12(8-13)9-14(15)7-11/h10-15H,3-9H2,1-2H3. The summed E-state index contributed by atoms with van der Waals surface area (Å²) in [4.78, 5) is 15.3. The van der Waals surface area contributed by atoms with Gasteiger partial charge in [0.2, 0.25) is 5.91 Å². The topological polar surface area (TPSA) is 20.3 Å². The number of halogens is 1. The molecule has 4 fully saturated rings. The molecule has 0 saturated heterocycles. The van der Waals surface area contributed by atoms with Crippen molar-refractivity contribution < 1.29 is 4.79 Å². The summed E-state index contributed by atoms with van der Waals surface area (Å²) >= 11 is 3.57. The van der Waals surface area contributed by atoms with E-state index in [9.17, 15) is 4.79 Å². The van der Waals surface area contributed by atoms with E-state index in [2.05, 4.69) is 22.9 Å². The van der Waals surface area contributed by atoms with Gasteiger partial charge in [-0.3, -0.25) is 4.79 Å². The number of carbonyl (C=O) groups excluding carboxylic acids is 1. The van der Waals surface area contributed by atoms with Crippen LogP contribution in [0.15, 0.2) is 0 Å². The molecule has 4 rings (SSSR count). The van der Waals surface area contributed by atoms with Crippen molar-refractivity contribution in [2.45, 2.75) is 50.3 Å². The Morgan fingerprint density at radius 1 is 1.16 bits per heavy atom. The molecular weight excluding hydrogens is 302 g/mol. The van der Waals surface area contributed by atoms with Crippen LogP contribution in [0.1, 0.15) is 45.4 Å². The van der Waals surface area contributed by atoms with Gasteiger partial charge >= 0.3 is 0 Å². The minimum absolute atomic E-state index is 0.364. The van der Waals surface area contributed by atoms with Gasteiger partial charge in [-0.05, 0) is 62.2 Å². The molecule has 0 aromatic rings. The van der Waals surface area contributed by atoms with Crippen molar-refractivity contribution in [3.05, 3.63) is 0 Å². The lowest BCUT2D eigenvalue weighted by atomic mass is 9.51. The molecule has 0 radical (unpaired) electrons. The van der Waals surface area contributed by atoms with Crippen LogP contribution in [-0.2, 0) is 4.79 Å². The van der Waals surface area contributed by atoms with Crippen LogP contribution >= 0.6 is 15.9 Å². The number of nitrogens with zero attached hydrogens (tertiary/aromatic N) is 1. The Balaban J connectivity index is 1.63. The van der Waals surface area contributed by atoms with Crippen LogP contribution in [0.2, 0.25) is 0 Å². The largest absolute Gasteiger partial charge is 0.345 e. The first-order chi connectivity index (χ1) is 9.04. The highest BCUT2D eigenvalue weighted by Gasteiger charge is 2.51. The van der Waals surface area contributed by atoms with E-state index in [0.717, 1.165) is 24.8 Å². The van der Waals surface area contributed by atoms with Crippen molar-refractivity contribution in [3.63, 3.8) is 0 Å². The monoisotopic (exact) mass is 327 g/mol. The van der Waals surface area contributed by atoms with Crippen LogP contribution in [-0.4, -0.2) is 29.2 Å². The van der Waals surface area contributed by atoms with Gasteiger partial charge in [0.05, 0.1) is 0 Å². The molecule has 0 aromatic heterocycles. The Morgan fingerprint density at radius 3 is 2.16 bits per heavy atom. The van der Waals surface area contributed by atoms with Crippen molar-refractivity contribution in [3.8, 4) is 0 Å². The Labute approximate surface area is 125 Å². The highest BCUT2D eigenvalue weighted by molar-refractivity contribution is 9.09. The van der Waals surface area contributed by atoms with Gasteiger partial charge in [0.15, 0.2) is 0 Å². The van der Waals surface area contributed by atoms with Gasteiger partial charge in [-0.2, -0.15) is 0 Å². The van der Waals surface area contributed by atoms with Gasteiger partial charge < -0.3 is 4.90 Å². The van der Waals surface area contributed by atoms with Crippen LogP contribution in [0.5, 0.6) is 0 Å². The number of rotatable bonds is 4. The van der Waals surface area contributed by atoms with Gasteiger partial charge in [0.25, 0.3) is 0 Å². The molecule has 0 N–H and O–H groups in total. The number of alkyl halides is 1. The van der Waals surface area contributed by atoms with Gasteiger partial charge in [0.1, 0.15) is 0 Å². The van der Waals surface area contributed by atoms with Crippen molar-refractivity contribution in [2.75, 3.05) is 13.6 Å². The first kappa shape index (κ1) is 13.9. The molecule has 1 unspecified atom stereocenters. The van der Waals surface area contributed by atoms with E-state index in [1.54, 1.807) is 0 Å². The number of carbonyl (C=O) groups is 1. The maximum atomic E-state index is 12.8. The fourth-order valence-electron chi connectivity index (χ4n) is 5.06. The van der Waals surface area contributed by atoms with Crippen LogP contribution in [0, 0.1) is 29.6 Å². The molecule has 19 heavy (non-hydrogen) atoms. The highest BCUT2D eigenvalue weighted by Crippen LogP contribution is 2.56. The molecule has 0 heterocycles. The quantitative estimate of drug-likeness (QED) is 0.721. The fraction of sp³-hybridized carbons (Fsp3) is 0.938. The molecule has 2 nitrogen and oxygen atoms in total. The van der Waals surface area contributed by atoms with Crippen molar-refractivity contribution in [1.82, 2.24) is 4.90 Å². The summed E-state index contributed by atoms with van der Waals surface area (Å²) < 4.78 is 0. The normalized spacial score (nSPS) is 41.3. The molecule has 3 heteroatoms. The Hall–Kier alpha value is -0.0500. The van der Waals surface area contributed by atoms with E-state index in [-0.39, 0.29) is 0 Å². The average molecular weight is 328 g/mol. The molecule has 4 saturated carbocycles.